The zero-order valence-electron chi connectivity index (χ0n) is 21.9. The monoisotopic (exact) mass is 563 g/mol. The number of aromatic nitrogens is 8. The Balaban J connectivity index is 1.30. The van der Waals surface area contributed by atoms with Gasteiger partial charge in [0, 0.05) is 59.6 Å². The minimum Gasteiger partial charge on any atom is -0.394 e. The van der Waals surface area contributed by atoms with Crippen molar-refractivity contribution >= 4 is 33.2 Å². The number of hydrogen-bond donors (Lipinski definition) is 4. The number of aliphatic hydroxyl groups excluding tert-OH is 2. The molecule has 1 aliphatic carbocycles. The van der Waals surface area contributed by atoms with Crippen LogP contribution in [0.5, 0.6) is 0 Å². The summed E-state index contributed by atoms with van der Waals surface area (Å²) in [7, 11) is -2.63. The SMILES string of the molecule is CC(C)n1cc(-c2cnn(C(CO)CO)c2)c2cnc(Nc3ccnc(-c4cnn(C5([SH](=O)=O)CC5)c4)n3)cc21. The summed E-state index contributed by atoms with van der Waals surface area (Å²) in [6.07, 6.45) is 13.4. The van der Waals surface area contributed by atoms with Crippen LogP contribution < -0.4 is 5.32 Å². The molecule has 0 bridgehead atoms. The summed E-state index contributed by atoms with van der Waals surface area (Å²) in [5.41, 5.74) is 3.39. The van der Waals surface area contributed by atoms with Crippen LogP contribution in [-0.4, -0.2) is 70.9 Å². The molecule has 0 amide bonds. The average molecular weight is 564 g/mol. The summed E-state index contributed by atoms with van der Waals surface area (Å²) in [5.74, 6) is 1.54. The number of fused-ring (bicyclic) bond motifs is 1. The maximum Gasteiger partial charge on any atom is 0.166 e. The first kappa shape index (κ1) is 26.1. The van der Waals surface area contributed by atoms with Crippen molar-refractivity contribution in [3.8, 4) is 22.5 Å². The maximum atomic E-state index is 11.7. The second-order valence-electron chi connectivity index (χ2n) is 10.2. The molecule has 208 valence electrons. The van der Waals surface area contributed by atoms with Crippen LogP contribution in [0.25, 0.3) is 33.4 Å². The molecule has 5 heterocycles. The first-order valence-corrected chi connectivity index (χ1v) is 14.1. The van der Waals surface area contributed by atoms with Crippen LogP contribution in [0, 0.1) is 0 Å². The smallest absolute Gasteiger partial charge is 0.166 e. The molecule has 3 N–H and O–H groups in total. The van der Waals surface area contributed by atoms with Crippen LogP contribution in [0.1, 0.15) is 38.8 Å². The summed E-state index contributed by atoms with van der Waals surface area (Å²) in [6.45, 7) is 3.77. The average Bonchev–Trinajstić information content (AvgIpc) is 3.27. The van der Waals surface area contributed by atoms with Gasteiger partial charge >= 0.3 is 0 Å². The quantitative estimate of drug-likeness (QED) is 0.185. The summed E-state index contributed by atoms with van der Waals surface area (Å²) < 4.78 is 28.6. The van der Waals surface area contributed by atoms with Gasteiger partial charge in [-0.15, -0.1) is 0 Å². The Bertz CT molecular complexity index is 1750. The van der Waals surface area contributed by atoms with E-state index >= 15 is 0 Å². The van der Waals surface area contributed by atoms with E-state index in [4.69, 9.17) is 0 Å². The highest BCUT2D eigenvalue weighted by molar-refractivity contribution is 7.73. The number of anilines is 2. The van der Waals surface area contributed by atoms with E-state index in [0.717, 1.165) is 22.0 Å². The van der Waals surface area contributed by atoms with E-state index in [1.54, 1.807) is 41.7 Å². The fourth-order valence-electron chi connectivity index (χ4n) is 4.74. The van der Waals surface area contributed by atoms with E-state index in [2.05, 4.69) is 55.1 Å². The Hall–Kier alpha value is -4.14. The number of hydrogen-bond acceptors (Lipinski definition) is 10. The van der Waals surface area contributed by atoms with E-state index in [-0.39, 0.29) is 19.3 Å². The molecule has 1 aliphatic rings. The van der Waals surface area contributed by atoms with Crippen LogP contribution in [0.15, 0.2) is 55.5 Å². The summed E-state index contributed by atoms with van der Waals surface area (Å²) in [5, 5.41) is 31.8. The molecule has 40 heavy (non-hydrogen) atoms. The molecule has 0 unspecified atom stereocenters. The molecular weight excluding hydrogens is 534 g/mol. The molecule has 1 fully saturated rings. The van der Waals surface area contributed by atoms with Crippen LogP contribution in [0.2, 0.25) is 0 Å². The Morgan fingerprint density at radius 1 is 1.00 bits per heavy atom. The van der Waals surface area contributed by atoms with Crippen molar-refractivity contribution < 1.29 is 18.6 Å². The van der Waals surface area contributed by atoms with E-state index in [1.165, 1.54) is 4.68 Å². The Morgan fingerprint density at radius 3 is 2.48 bits per heavy atom. The maximum absolute atomic E-state index is 11.7. The zero-order valence-corrected chi connectivity index (χ0v) is 22.8. The highest BCUT2D eigenvalue weighted by atomic mass is 32.2. The van der Waals surface area contributed by atoms with Crippen molar-refractivity contribution in [2.24, 2.45) is 0 Å². The number of pyridine rings is 1. The fraction of sp³-hybridized carbons (Fsp3) is 0.346. The van der Waals surface area contributed by atoms with Crippen LogP contribution >= 0.6 is 0 Å². The van der Waals surface area contributed by atoms with Gasteiger partial charge in [-0.2, -0.15) is 10.2 Å². The lowest BCUT2D eigenvalue weighted by molar-refractivity contribution is 0.146. The lowest BCUT2D eigenvalue weighted by Gasteiger charge is -2.10. The molecule has 14 heteroatoms. The molecule has 13 nitrogen and oxygen atoms in total. The summed E-state index contributed by atoms with van der Waals surface area (Å²) in [4.78, 5) is 12.6. The van der Waals surface area contributed by atoms with Crippen LogP contribution in [0.3, 0.4) is 0 Å². The predicted molar refractivity (Wildman–Crippen MR) is 149 cm³/mol. The zero-order chi connectivity index (χ0) is 28.0. The minimum atomic E-state index is -2.63. The van der Waals surface area contributed by atoms with Gasteiger partial charge in [0.2, 0.25) is 0 Å². The molecule has 0 spiro atoms. The third kappa shape index (κ3) is 4.53. The van der Waals surface area contributed by atoms with Crippen LogP contribution in [0.4, 0.5) is 11.6 Å². The number of aliphatic hydroxyl groups is 2. The van der Waals surface area contributed by atoms with Gasteiger partial charge in [-0.05, 0) is 32.8 Å². The van der Waals surface area contributed by atoms with Gasteiger partial charge in [0.1, 0.15) is 11.6 Å². The van der Waals surface area contributed by atoms with Gasteiger partial charge in [-0.1, -0.05) is 0 Å². The molecule has 0 aliphatic heterocycles. The number of thiol groups is 1. The lowest BCUT2D eigenvalue weighted by atomic mass is 10.1. The first-order valence-electron chi connectivity index (χ1n) is 12.9. The van der Waals surface area contributed by atoms with E-state index < -0.39 is 21.6 Å². The molecule has 0 aromatic carbocycles. The van der Waals surface area contributed by atoms with Gasteiger partial charge in [-0.3, -0.25) is 9.36 Å². The first-order chi connectivity index (χ1) is 19.3. The normalized spacial score (nSPS) is 14.6. The number of nitrogens with one attached hydrogen (secondary N) is 1. The Morgan fingerprint density at radius 2 is 1.77 bits per heavy atom. The standard InChI is InChI=1S/C26H29N9O4S/c1-16(2)33-13-21(17-8-29-34(11-17)19(14-36)15-37)20-10-28-24(7-22(20)33)31-23-3-6-27-25(32-23)18-9-30-35(12-18)26(4-5-26)40(38)39/h3,6-13,16,19,36-37,40H,4-5,14-15H2,1-2H3,(H,27,28,31,32). The Kier molecular flexibility index (Phi) is 6.60. The van der Waals surface area contributed by atoms with Gasteiger partial charge in [0.05, 0.1) is 42.7 Å². The number of rotatable bonds is 10. The van der Waals surface area contributed by atoms with E-state index in [9.17, 15) is 18.6 Å². The van der Waals surface area contributed by atoms with Crippen LogP contribution in [-0.2, 0) is 15.6 Å². The van der Waals surface area contributed by atoms with Crippen molar-refractivity contribution in [3.63, 3.8) is 0 Å². The van der Waals surface area contributed by atoms with Crippen molar-refractivity contribution in [1.82, 2.24) is 39.1 Å². The van der Waals surface area contributed by atoms with Gasteiger partial charge in [-0.25, -0.2) is 23.4 Å². The molecule has 0 saturated heterocycles. The molecule has 1 saturated carbocycles. The number of nitrogens with zero attached hydrogens (tertiary/aromatic N) is 8. The molecule has 0 atom stereocenters. The third-order valence-corrected chi connectivity index (χ3v) is 8.53. The van der Waals surface area contributed by atoms with Gasteiger partial charge in [0.15, 0.2) is 21.4 Å². The molecule has 6 rings (SSSR count). The molecule has 5 aromatic heterocycles. The minimum absolute atomic E-state index is 0.172. The summed E-state index contributed by atoms with van der Waals surface area (Å²) >= 11 is 0. The highest BCUT2D eigenvalue weighted by Crippen LogP contribution is 2.44. The molecule has 5 aromatic rings. The molecular formula is C26H29N9O4S. The van der Waals surface area contributed by atoms with Crippen molar-refractivity contribution in [1.29, 1.82) is 0 Å². The molecule has 0 radical (unpaired) electrons. The van der Waals surface area contributed by atoms with E-state index in [1.807, 2.05) is 12.3 Å². The third-order valence-electron chi connectivity index (χ3n) is 7.20. The Labute approximate surface area is 231 Å². The second kappa shape index (κ2) is 10.1. The highest BCUT2D eigenvalue weighted by Gasteiger charge is 2.49. The van der Waals surface area contributed by atoms with E-state index in [0.29, 0.717) is 35.9 Å². The lowest BCUT2D eigenvalue weighted by Crippen LogP contribution is -2.18. The summed E-state index contributed by atoms with van der Waals surface area (Å²) in [6, 6.07) is 3.36. The second-order valence-corrected chi connectivity index (χ2v) is 11.5. The van der Waals surface area contributed by atoms with Gasteiger partial charge < -0.3 is 20.1 Å². The van der Waals surface area contributed by atoms with Gasteiger partial charge in [0.25, 0.3) is 0 Å². The van der Waals surface area contributed by atoms with Crippen molar-refractivity contribution in [2.75, 3.05) is 18.5 Å². The van der Waals surface area contributed by atoms with Crippen molar-refractivity contribution in [3.05, 3.63) is 55.5 Å². The largest absolute Gasteiger partial charge is 0.394 e. The predicted octanol–water partition coefficient (Wildman–Crippen LogP) is 2.46. The fourth-order valence-corrected chi connectivity index (χ4v) is 5.50. The van der Waals surface area contributed by atoms with Crippen molar-refractivity contribution in [2.45, 2.75) is 43.6 Å². The topological polar surface area (TPSA) is 166 Å².